The molecule has 2 aromatic rings. The molecule has 0 aromatic heterocycles. The van der Waals surface area contributed by atoms with Gasteiger partial charge in [-0.05, 0) is 34.1 Å². The zero-order chi connectivity index (χ0) is 16.3. The second-order valence-corrected chi connectivity index (χ2v) is 8.51. The van der Waals surface area contributed by atoms with E-state index < -0.39 is 0 Å². The lowest BCUT2D eigenvalue weighted by Gasteiger charge is -2.16. The van der Waals surface area contributed by atoms with E-state index in [4.69, 9.17) is 0 Å². The van der Waals surface area contributed by atoms with Gasteiger partial charge in [0.25, 0.3) is 0 Å². The lowest BCUT2D eigenvalue weighted by Crippen LogP contribution is -1.99. The van der Waals surface area contributed by atoms with Gasteiger partial charge in [-0.15, -0.1) is 0 Å². The molecule has 0 spiro atoms. The number of benzene rings is 2. The van der Waals surface area contributed by atoms with Crippen LogP contribution < -0.4 is 0 Å². The average molecular weight is 424 g/mol. The summed E-state index contributed by atoms with van der Waals surface area (Å²) >= 11 is 7.53. The van der Waals surface area contributed by atoms with Crippen molar-refractivity contribution in [2.24, 2.45) is 11.8 Å². The van der Waals surface area contributed by atoms with Gasteiger partial charge in [0.2, 0.25) is 0 Å². The van der Waals surface area contributed by atoms with Crippen molar-refractivity contribution in [3.8, 4) is 11.1 Å². The molecule has 2 rings (SSSR count). The summed E-state index contributed by atoms with van der Waals surface area (Å²) in [5.41, 5.74) is 5.23. The highest BCUT2D eigenvalue weighted by Gasteiger charge is 2.13. The Hall–Kier alpha value is -0.600. The highest BCUT2D eigenvalue weighted by Crippen LogP contribution is 2.34. The monoisotopic (exact) mass is 422 g/mol. The lowest BCUT2D eigenvalue weighted by molar-refractivity contribution is 0.641. The second-order valence-electron chi connectivity index (χ2n) is 6.54. The molecule has 0 N–H and O–H groups in total. The molecular weight excluding hydrogens is 400 g/mol. The molecular formula is C20H24Br2. The second kappa shape index (κ2) is 7.79. The van der Waals surface area contributed by atoms with Crippen molar-refractivity contribution < 1.29 is 0 Å². The minimum absolute atomic E-state index is 0.420. The Labute approximate surface area is 151 Å². The van der Waals surface area contributed by atoms with Gasteiger partial charge in [-0.1, -0.05) is 108 Å². The van der Waals surface area contributed by atoms with Gasteiger partial charge in [0.1, 0.15) is 0 Å². The van der Waals surface area contributed by atoms with E-state index >= 15 is 0 Å². The molecule has 0 radical (unpaired) electrons. The summed E-state index contributed by atoms with van der Waals surface area (Å²) in [6.07, 6.45) is 0. The average Bonchev–Trinajstić information content (AvgIpc) is 2.53. The smallest absolute Gasteiger partial charge is 0.0418 e. The number of alkyl halides is 2. The van der Waals surface area contributed by atoms with Crippen LogP contribution in [0.1, 0.15) is 48.5 Å². The van der Waals surface area contributed by atoms with Crippen LogP contribution in [0.25, 0.3) is 11.1 Å². The summed E-state index contributed by atoms with van der Waals surface area (Å²) in [5, 5.41) is 0. The maximum Gasteiger partial charge on any atom is 0.0418 e. The van der Waals surface area contributed by atoms with Gasteiger partial charge in [0.15, 0.2) is 0 Å². The van der Waals surface area contributed by atoms with Crippen LogP contribution in [0.3, 0.4) is 0 Å². The van der Waals surface area contributed by atoms with E-state index in [1.165, 1.54) is 22.3 Å². The van der Waals surface area contributed by atoms with Crippen molar-refractivity contribution >= 4 is 31.9 Å². The lowest BCUT2D eigenvalue weighted by atomic mass is 9.97. The van der Waals surface area contributed by atoms with Crippen LogP contribution in [0.5, 0.6) is 0 Å². The van der Waals surface area contributed by atoms with Gasteiger partial charge < -0.3 is 0 Å². The van der Waals surface area contributed by atoms with Gasteiger partial charge in [-0.25, -0.2) is 0 Å². The van der Waals surface area contributed by atoms with E-state index in [1.54, 1.807) is 0 Å². The Bertz CT molecular complexity index is 527. The van der Waals surface area contributed by atoms with E-state index in [0.29, 0.717) is 21.5 Å². The Morgan fingerprint density at radius 3 is 1.05 bits per heavy atom. The van der Waals surface area contributed by atoms with Gasteiger partial charge in [-0.2, -0.15) is 0 Å². The molecule has 0 fully saturated rings. The Morgan fingerprint density at radius 1 is 0.545 bits per heavy atom. The van der Waals surface area contributed by atoms with Crippen molar-refractivity contribution in [3.63, 3.8) is 0 Å². The van der Waals surface area contributed by atoms with Crippen LogP contribution in [0.2, 0.25) is 0 Å². The standard InChI is InChI=1S/C20H24Br2/c1-13(2)19(21)17-9-5-15(6-10-17)16-7-11-18(12-8-16)20(22)14(3)4/h5-14,19-20H,1-4H3. The maximum atomic E-state index is 3.76. The molecule has 0 saturated carbocycles. The number of hydrogen-bond acceptors (Lipinski definition) is 0. The molecule has 0 bridgehead atoms. The first-order valence-corrected chi connectivity index (χ1v) is 9.71. The fourth-order valence-electron chi connectivity index (χ4n) is 2.49. The van der Waals surface area contributed by atoms with Crippen LogP contribution in [0.15, 0.2) is 48.5 Å². The third-order valence-electron chi connectivity index (χ3n) is 3.96. The molecule has 2 unspecified atom stereocenters. The molecule has 0 amide bonds. The van der Waals surface area contributed by atoms with Crippen molar-refractivity contribution in [2.45, 2.75) is 37.3 Å². The van der Waals surface area contributed by atoms with E-state index in [2.05, 4.69) is 108 Å². The van der Waals surface area contributed by atoms with Crippen molar-refractivity contribution in [3.05, 3.63) is 59.7 Å². The summed E-state index contributed by atoms with van der Waals surface area (Å²) in [6.45, 7) is 8.93. The van der Waals surface area contributed by atoms with Crippen molar-refractivity contribution in [1.29, 1.82) is 0 Å². The Morgan fingerprint density at radius 2 is 0.818 bits per heavy atom. The quantitative estimate of drug-likeness (QED) is 0.435. The summed E-state index contributed by atoms with van der Waals surface area (Å²) in [4.78, 5) is 0.841. The minimum atomic E-state index is 0.420. The Kier molecular flexibility index (Phi) is 6.28. The van der Waals surface area contributed by atoms with Crippen molar-refractivity contribution in [2.75, 3.05) is 0 Å². The molecule has 2 aromatic carbocycles. The summed E-state index contributed by atoms with van der Waals surface area (Å²) in [7, 11) is 0. The van der Waals surface area contributed by atoms with Crippen LogP contribution in [0.4, 0.5) is 0 Å². The van der Waals surface area contributed by atoms with Crippen LogP contribution in [-0.4, -0.2) is 0 Å². The molecule has 22 heavy (non-hydrogen) atoms. The molecule has 0 aliphatic heterocycles. The first kappa shape index (κ1) is 17.7. The van der Waals surface area contributed by atoms with Gasteiger partial charge >= 0.3 is 0 Å². The Balaban J connectivity index is 2.18. The molecule has 0 heterocycles. The normalized spacial score (nSPS) is 14.4. The molecule has 118 valence electrons. The zero-order valence-electron chi connectivity index (χ0n) is 13.7. The fourth-order valence-corrected chi connectivity index (χ4v) is 3.10. The maximum absolute atomic E-state index is 3.76. The summed E-state index contributed by atoms with van der Waals surface area (Å²) < 4.78 is 0. The first-order chi connectivity index (χ1) is 10.4. The number of halogens is 2. The van der Waals surface area contributed by atoms with Crippen molar-refractivity contribution in [1.82, 2.24) is 0 Å². The molecule has 0 aliphatic carbocycles. The fraction of sp³-hybridized carbons (Fsp3) is 0.400. The molecule has 0 saturated heterocycles. The predicted molar refractivity (Wildman–Crippen MR) is 105 cm³/mol. The van der Waals surface area contributed by atoms with Crippen LogP contribution >= 0.6 is 31.9 Å². The largest absolute Gasteiger partial charge is 0.0836 e. The zero-order valence-corrected chi connectivity index (χ0v) is 16.9. The third-order valence-corrected chi connectivity index (χ3v) is 7.13. The number of hydrogen-bond donors (Lipinski definition) is 0. The highest BCUT2D eigenvalue weighted by atomic mass is 79.9. The summed E-state index contributed by atoms with van der Waals surface area (Å²) in [6, 6.07) is 17.8. The van der Waals surface area contributed by atoms with E-state index in [0.717, 1.165) is 0 Å². The molecule has 2 atom stereocenters. The van der Waals surface area contributed by atoms with Crippen LogP contribution in [-0.2, 0) is 0 Å². The number of rotatable bonds is 5. The molecule has 0 aliphatic rings. The minimum Gasteiger partial charge on any atom is -0.0836 e. The SMILES string of the molecule is CC(C)C(Br)c1ccc(-c2ccc(C(Br)C(C)C)cc2)cc1. The molecule has 0 nitrogen and oxygen atoms in total. The first-order valence-electron chi connectivity index (χ1n) is 7.88. The van der Waals surface area contributed by atoms with Gasteiger partial charge in [-0.3, -0.25) is 0 Å². The highest BCUT2D eigenvalue weighted by molar-refractivity contribution is 9.09. The third kappa shape index (κ3) is 4.23. The van der Waals surface area contributed by atoms with E-state index in [1.807, 2.05) is 0 Å². The molecule has 2 heteroatoms. The van der Waals surface area contributed by atoms with Gasteiger partial charge in [0, 0.05) is 9.65 Å². The van der Waals surface area contributed by atoms with Crippen LogP contribution in [0, 0.1) is 11.8 Å². The van der Waals surface area contributed by atoms with E-state index in [9.17, 15) is 0 Å². The van der Waals surface area contributed by atoms with E-state index in [-0.39, 0.29) is 0 Å². The van der Waals surface area contributed by atoms with Gasteiger partial charge in [0.05, 0.1) is 0 Å². The predicted octanol–water partition coefficient (Wildman–Crippen LogP) is 7.54. The summed E-state index contributed by atoms with van der Waals surface area (Å²) in [5.74, 6) is 1.19. The topological polar surface area (TPSA) is 0 Å².